The van der Waals surface area contributed by atoms with E-state index in [0.717, 1.165) is 18.4 Å². The van der Waals surface area contributed by atoms with Crippen LogP contribution in [0.2, 0.25) is 5.02 Å². The van der Waals surface area contributed by atoms with Gasteiger partial charge in [0.1, 0.15) is 17.1 Å². The predicted molar refractivity (Wildman–Crippen MR) is 132 cm³/mol. The number of phenols is 1. The van der Waals surface area contributed by atoms with Gasteiger partial charge in [0, 0.05) is 22.7 Å². The summed E-state index contributed by atoms with van der Waals surface area (Å²) in [6.45, 7) is 7.51. The highest BCUT2D eigenvalue weighted by atomic mass is 35.5. The number of aromatic amines is 1. The van der Waals surface area contributed by atoms with Crippen molar-refractivity contribution in [3.63, 3.8) is 0 Å². The summed E-state index contributed by atoms with van der Waals surface area (Å²) >= 11 is 6.21. The number of ether oxygens (including phenoxy) is 2. The number of benzene rings is 2. The molecule has 180 valence electrons. The molecule has 2 heterocycles. The molecule has 3 aromatic rings. The van der Waals surface area contributed by atoms with Crippen molar-refractivity contribution in [2.24, 2.45) is 5.92 Å². The number of H-pyrrole nitrogens is 1. The molecule has 8 heteroatoms. The van der Waals surface area contributed by atoms with E-state index in [1.54, 1.807) is 19.2 Å². The summed E-state index contributed by atoms with van der Waals surface area (Å²) in [6.07, 6.45) is 1.74. The molecule has 1 amide bonds. The second kappa shape index (κ2) is 9.97. The van der Waals surface area contributed by atoms with Crippen molar-refractivity contribution in [2.75, 3.05) is 20.3 Å². The molecule has 0 aliphatic carbocycles. The monoisotopic (exact) mass is 483 g/mol. The number of phenolic OH excluding ortho intramolecular Hbond substituents is 1. The molecular formula is C26H30ClN3O4. The van der Waals surface area contributed by atoms with Crippen molar-refractivity contribution >= 4 is 17.5 Å². The molecule has 1 aromatic heterocycles. The van der Waals surface area contributed by atoms with Crippen LogP contribution in [0.4, 0.5) is 0 Å². The fourth-order valence-corrected chi connectivity index (χ4v) is 4.47. The fraction of sp³-hybridized carbons (Fsp3) is 0.385. The highest BCUT2D eigenvalue weighted by molar-refractivity contribution is 6.31. The summed E-state index contributed by atoms with van der Waals surface area (Å²) in [5.41, 5.74) is 2.98. The van der Waals surface area contributed by atoms with Gasteiger partial charge in [-0.3, -0.25) is 9.89 Å². The number of carbonyl (C=O) groups is 1. The van der Waals surface area contributed by atoms with E-state index in [-0.39, 0.29) is 11.7 Å². The lowest BCUT2D eigenvalue weighted by atomic mass is 9.95. The second-order valence-electron chi connectivity index (χ2n) is 8.86. The van der Waals surface area contributed by atoms with Crippen LogP contribution in [-0.2, 0) is 0 Å². The number of hydrogen-bond donors (Lipinski definition) is 2. The Morgan fingerprint density at radius 2 is 2.00 bits per heavy atom. The van der Waals surface area contributed by atoms with Crippen LogP contribution in [0.5, 0.6) is 17.2 Å². The number of aromatic nitrogens is 2. The first-order chi connectivity index (χ1) is 16.3. The van der Waals surface area contributed by atoms with Gasteiger partial charge < -0.3 is 19.5 Å². The van der Waals surface area contributed by atoms with Gasteiger partial charge in [0.2, 0.25) is 0 Å². The molecule has 1 aliphatic heterocycles. The van der Waals surface area contributed by atoms with Gasteiger partial charge in [0.15, 0.2) is 11.5 Å². The highest BCUT2D eigenvalue weighted by Gasteiger charge is 2.42. The molecule has 7 nitrogen and oxygen atoms in total. The first kappa shape index (κ1) is 24.0. The van der Waals surface area contributed by atoms with Gasteiger partial charge in [-0.15, -0.1) is 0 Å². The SMILES string of the molecule is CCCN1C(=O)c2[nH]nc(-c3cc(Cl)ccc3O)c2C1c1ccc(OCCC(C)C)c(OC)c1. The molecule has 0 spiro atoms. The first-order valence-corrected chi connectivity index (χ1v) is 11.9. The van der Waals surface area contributed by atoms with E-state index < -0.39 is 6.04 Å². The van der Waals surface area contributed by atoms with Crippen LogP contribution in [-0.4, -0.2) is 46.4 Å². The van der Waals surface area contributed by atoms with Crippen molar-refractivity contribution in [3.05, 3.63) is 58.2 Å². The average molecular weight is 484 g/mol. The Hall–Kier alpha value is -3.19. The highest BCUT2D eigenvalue weighted by Crippen LogP contribution is 2.46. The van der Waals surface area contributed by atoms with Crippen LogP contribution < -0.4 is 9.47 Å². The maximum atomic E-state index is 13.3. The third kappa shape index (κ3) is 4.44. The van der Waals surface area contributed by atoms with Gasteiger partial charge >= 0.3 is 0 Å². The molecule has 0 fully saturated rings. The first-order valence-electron chi connectivity index (χ1n) is 11.5. The maximum Gasteiger partial charge on any atom is 0.273 e. The van der Waals surface area contributed by atoms with Crippen molar-refractivity contribution in [1.29, 1.82) is 0 Å². The molecule has 0 saturated heterocycles. The molecule has 4 rings (SSSR count). The van der Waals surface area contributed by atoms with E-state index in [1.165, 1.54) is 6.07 Å². The number of nitrogens with zero attached hydrogens (tertiary/aromatic N) is 2. The predicted octanol–water partition coefficient (Wildman–Crippen LogP) is 5.82. The zero-order chi connectivity index (χ0) is 24.4. The number of hydrogen-bond acceptors (Lipinski definition) is 5. The van der Waals surface area contributed by atoms with Crippen LogP contribution in [0.25, 0.3) is 11.3 Å². The molecule has 0 bridgehead atoms. The Bertz CT molecular complexity index is 1190. The topological polar surface area (TPSA) is 87.7 Å². The Morgan fingerprint density at radius 3 is 2.71 bits per heavy atom. The third-order valence-corrected chi connectivity index (χ3v) is 6.23. The molecule has 34 heavy (non-hydrogen) atoms. The van der Waals surface area contributed by atoms with Crippen LogP contribution in [0.1, 0.15) is 61.3 Å². The molecule has 1 aliphatic rings. The summed E-state index contributed by atoms with van der Waals surface area (Å²) in [4.78, 5) is 15.1. The van der Waals surface area contributed by atoms with Gasteiger partial charge in [0.05, 0.1) is 19.8 Å². The van der Waals surface area contributed by atoms with Gasteiger partial charge in [-0.1, -0.05) is 38.4 Å². The Kier molecular flexibility index (Phi) is 7.03. The molecule has 1 atom stereocenters. The van der Waals surface area contributed by atoms with E-state index >= 15 is 0 Å². The lowest BCUT2D eigenvalue weighted by molar-refractivity contribution is 0.0743. The van der Waals surface area contributed by atoms with E-state index in [1.807, 2.05) is 30.0 Å². The molecular weight excluding hydrogens is 454 g/mol. The Morgan fingerprint density at radius 1 is 1.21 bits per heavy atom. The lowest BCUT2D eigenvalue weighted by Gasteiger charge is -2.26. The van der Waals surface area contributed by atoms with Crippen molar-refractivity contribution in [3.8, 4) is 28.5 Å². The van der Waals surface area contributed by atoms with Crippen molar-refractivity contribution in [2.45, 2.75) is 39.7 Å². The summed E-state index contributed by atoms with van der Waals surface area (Å²) < 4.78 is 11.6. The lowest BCUT2D eigenvalue weighted by Crippen LogP contribution is -2.30. The number of halogens is 1. The molecule has 2 N–H and O–H groups in total. The number of amides is 1. The number of methoxy groups -OCH3 is 1. The van der Waals surface area contributed by atoms with Crippen molar-refractivity contribution < 1.29 is 19.4 Å². The summed E-state index contributed by atoms with van der Waals surface area (Å²) in [5, 5.41) is 18.3. The van der Waals surface area contributed by atoms with E-state index in [9.17, 15) is 9.90 Å². The van der Waals surface area contributed by atoms with Crippen LogP contribution >= 0.6 is 11.6 Å². The van der Waals surface area contributed by atoms with E-state index in [4.69, 9.17) is 21.1 Å². The van der Waals surface area contributed by atoms with Crippen LogP contribution in [0.3, 0.4) is 0 Å². The maximum absolute atomic E-state index is 13.3. The minimum atomic E-state index is -0.395. The number of nitrogens with one attached hydrogen (secondary N) is 1. The quantitative estimate of drug-likeness (QED) is 0.400. The number of fused-ring (bicyclic) bond motifs is 1. The summed E-state index contributed by atoms with van der Waals surface area (Å²) in [7, 11) is 1.61. The average Bonchev–Trinajstić information content (AvgIpc) is 3.35. The minimum Gasteiger partial charge on any atom is -0.507 e. The summed E-state index contributed by atoms with van der Waals surface area (Å²) in [5.74, 6) is 1.73. The zero-order valence-electron chi connectivity index (χ0n) is 19.9. The standard InChI is InChI=1S/C26H30ClN3O4/c1-5-11-30-25(16-6-9-20(21(13-16)33-4)34-12-10-15(2)3)22-23(28-29-24(22)26(30)32)18-14-17(27)7-8-19(18)31/h6-9,13-15,25,31H,5,10-12H2,1-4H3,(H,28,29). The van der Waals surface area contributed by atoms with Crippen LogP contribution in [0.15, 0.2) is 36.4 Å². The van der Waals surface area contributed by atoms with E-state index in [2.05, 4.69) is 24.0 Å². The van der Waals surface area contributed by atoms with Gasteiger partial charge in [0.25, 0.3) is 5.91 Å². The van der Waals surface area contributed by atoms with Gasteiger partial charge in [-0.25, -0.2) is 0 Å². The van der Waals surface area contributed by atoms with Gasteiger partial charge in [-0.05, 0) is 54.7 Å². The largest absolute Gasteiger partial charge is 0.507 e. The van der Waals surface area contributed by atoms with Crippen LogP contribution in [0, 0.1) is 5.92 Å². The number of carbonyl (C=O) groups excluding carboxylic acids is 1. The molecule has 0 radical (unpaired) electrons. The van der Waals surface area contributed by atoms with E-state index in [0.29, 0.717) is 58.1 Å². The normalized spacial score (nSPS) is 15.2. The molecule has 1 unspecified atom stereocenters. The number of aromatic hydroxyl groups is 1. The van der Waals surface area contributed by atoms with Gasteiger partial charge in [-0.2, -0.15) is 5.10 Å². The number of rotatable bonds is 9. The zero-order valence-corrected chi connectivity index (χ0v) is 20.6. The summed E-state index contributed by atoms with van der Waals surface area (Å²) in [6, 6.07) is 10.2. The minimum absolute atomic E-state index is 0.0466. The Labute approximate surface area is 204 Å². The second-order valence-corrected chi connectivity index (χ2v) is 9.30. The van der Waals surface area contributed by atoms with Crippen molar-refractivity contribution in [1.82, 2.24) is 15.1 Å². The fourth-order valence-electron chi connectivity index (χ4n) is 4.30. The third-order valence-electron chi connectivity index (χ3n) is 6.00. The molecule has 0 saturated carbocycles. The Balaban J connectivity index is 1.79. The smallest absolute Gasteiger partial charge is 0.273 e. The molecule has 2 aromatic carbocycles.